The van der Waals surface area contributed by atoms with E-state index in [2.05, 4.69) is 40.3 Å². The van der Waals surface area contributed by atoms with Crippen molar-refractivity contribution < 1.29 is 105 Å². The number of nitrogen functional groups attached to an aromatic ring is 1. The standard InChI is InChI=1S/C98H134FN15O21S/c1-60-17-13-12-14-18-61(2)80(128-9)50-74-24-20-66(7)98(125,135-74)91(120)94(123)114-31-16-15-19-76(114)95(124)134-81(63(4)47-68-21-26-77(115)82(48-68)129-10)51-78(116)62(3)46-65(6)89(119)90(130-11)88(64(5)45-60)107-133-59-85(117)102-52-69-53-103-96(104-54-69)112-38-36-110(37-39-112)86(118)30-42-131-43-40-109-32-34-111(35-33-109)97-105-56-73(57-106-97)92(121)108-136(126,127)83-28-25-75(67(8)87(83)99)93(122)113-41-44-132-79-27-22-70(49-72(79)58-113)71-23-29-84(100)101-55-71/h12-14,17-18,22-23,25,27-29,46,49,53-57,60,62-64,66,68,74,76-78,80-82,89-90,115-116,119,125H,15-16,19-21,24,26,30-45,47-48,50-52,58-59H2,1-11H3,(H2,100,101)(H,102,117)(H,108,121)/b14-12+,17-13+,61-18+,65-46+,107-88+/t60-,62-,63-,64-,66-,68+,74+,76+,77-,78-,80+,81+,82-,89-,90+,98-/m1/s1. The van der Waals surface area contributed by atoms with Gasteiger partial charge in [-0.1, -0.05) is 82.3 Å². The quantitative estimate of drug-likeness (QED) is 0.0102. The highest BCUT2D eigenvalue weighted by Crippen LogP contribution is 2.40. The average molecular weight is 1910 g/mol. The molecule has 2 aromatic carbocycles. The smallest absolute Gasteiger partial charge is 0.329 e. The second-order valence-electron chi connectivity index (χ2n) is 37.0. The normalized spacial score (nSPS) is 28.3. The first-order chi connectivity index (χ1) is 65.1. The summed E-state index contributed by atoms with van der Waals surface area (Å²) in [6.07, 6.45) is 17.3. The first kappa shape index (κ1) is 104. The van der Waals surface area contributed by atoms with Gasteiger partial charge in [0.05, 0.1) is 68.0 Å². The number of sulfonamides is 1. The molecule has 136 heavy (non-hydrogen) atoms. The summed E-state index contributed by atoms with van der Waals surface area (Å²) < 4.78 is 87.4. The molecule has 740 valence electrons. The van der Waals surface area contributed by atoms with Crippen LogP contribution in [-0.2, 0) is 80.3 Å². The number of carbonyl (C=O) groups excluding carboxylic acids is 7. The zero-order valence-corrected chi connectivity index (χ0v) is 80.5. The Morgan fingerprint density at radius 1 is 0.735 bits per heavy atom. The molecule has 5 fully saturated rings. The molecule has 8 N–H and O–H groups in total. The monoisotopic (exact) mass is 1910 g/mol. The van der Waals surface area contributed by atoms with Crippen LogP contribution in [0.25, 0.3) is 11.1 Å². The SMILES string of the molecule is CO[C@H]1C[C@@H]2CC[C@@H](C)[C@@](O)(O2)C(=O)C(=O)N2CCCC[C@H]2C(=O)O[C@H]([C@H](C)C[C@@H]2CC[C@@H](O)[C@H](OC)C2)C[C@@H](O)[C@H](C)/C=C(\C)[C@@H](O)[C@@H](OC)/C(=N/OCC(=O)NCc2cnc(N3CCN(C(=O)CCOCCN4CCN(c5ncc(C(=O)NS(=O)(=O)c6ccc(C(=O)N7CCOc8ccc(-c9ccc(N)nc9)cc8C7)c(C)c6F)cn5)CC4)CC3)nc2)[C@H](C)C[C@H](C)/C=C/C=C/C=C/1C. The summed E-state index contributed by atoms with van der Waals surface area (Å²) in [7, 11) is -0.212. The van der Waals surface area contributed by atoms with Gasteiger partial charge in [0.15, 0.2) is 6.61 Å². The van der Waals surface area contributed by atoms with E-state index < -0.39 is 135 Å². The number of allylic oxidation sites excluding steroid dienone is 5. The fraction of sp³-hybridized carbons (Fsp3) is 0.582. The number of hydrogen-bond donors (Lipinski definition) is 7. The van der Waals surface area contributed by atoms with E-state index in [1.54, 1.807) is 76.7 Å². The second kappa shape index (κ2) is 48.6. The Bertz CT molecular complexity index is 5210. The Balaban J connectivity index is 0.589. The predicted molar refractivity (Wildman–Crippen MR) is 503 cm³/mol. The van der Waals surface area contributed by atoms with Crippen LogP contribution >= 0.6 is 0 Å². The molecule has 0 radical (unpaired) electrons. The average Bonchev–Trinajstić information content (AvgIpc) is 1.18. The molecule has 0 spiro atoms. The first-order valence-corrected chi connectivity index (χ1v) is 48.7. The lowest BCUT2D eigenvalue weighted by Gasteiger charge is -2.43. The number of carbonyl (C=O) groups is 7. The Kier molecular flexibility index (Phi) is 37.2. The number of halogens is 1. The number of amides is 5. The number of cyclic esters (lactones) is 1. The number of rotatable bonds is 24. The number of aliphatic hydroxyl groups excluding tert-OH is 3. The van der Waals surface area contributed by atoms with Gasteiger partial charge in [0.2, 0.25) is 23.6 Å². The van der Waals surface area contributed by atoms with Crippen molar-refractivity contribution >= 4 is 74.7 Å². The molecule has 9 heterocycles. The molecule has 0 unspecified atom stereocenters. The number of pyridine rings is 1. The second-order valence-corrected chi connectivity index (χ2v) is 38.7. The molecular formula is C98H134FN15O21S. The van der Waals surface area contributed by atoms with Gasteiger partial charge in [0.25, 0.3) is 39.4 Å². The molecule has 36 nitrogen and oxygen atoms in total. The number of oxime groups is 1. The number of anilines is 3. The van der Waals surface area contributed by atoms with E-state index in [1.807, 2.05) is 90.8 Å². The summed E-state index contributed by atoms with van der Waals surface area (Å²) in [6.45, 7) is 19.8. The third-order valence-corrected chi connectivity index (χ3v) is 28.6. The van der Waals surface area contributed by atoms with E-state index in [-0.39, 0.29) is 112 Å². The van der Waals surface area contributed by atoms with Crippen LogP contribution in [0.15, 0.2) is 131 Å². The molecule has 38 heteroatoms. The fourth-order valence-electron chi connectivity index (χ4n) is 18.8. The minimum Gasteiger partial charge on any atom is -0.491 e. The van der Waals surface area contributed by atoms with E-state index in [9.17, 15) is 62.4 Å². The zero-order chi connectivity index (χ0) is 97.7. The number of esters is 1. The maximum atomic E-state index is 16.1. The van der Waals surface area contributed by atoms with Crippen LogP contribution in [0.5, 0.6) is 5.75 Å². The van der Waals surface area contributed by atoms with Gasteiger partial charge in [0, 0.05) is 184 Å². The molecule has 4 saturated heterocycles. The minimum absolute atomic E-state index is 0.0405. The van der Waals surface area contributed by atoms with E-state index in [1.165, 1.54) is 42.3 Å². The van der Waals surface area contributed by atoms with Gasteiger partial charge in [0.1, 0.15) is 53.2 Å². The number of fused-ring (bicyclic) bond motifs is 4. The Hall–Kier alpha value is -10.7. The Morgan fingerprint density at radius 3 is 2.15 bits per heavy atom. The Morgan fingerprint density at radius 2 is 1.45 bits per heavy atom. The van der Waals surface area contributed by atoms with E-state index in [0.29, 0.717) is 169 Å². The van der Waals surface area contributed by atoms with Crippen molar-refractivity contribution in [1.82, 2.24) is 54.6 Å². The Labute approximate surface area is 795 Å². The number of piperidine rings is 1. The van der Waals surface area contributed by atoms with Crippen molar-refractivity contribution in [2.75, 3.05) is 135 Å². The van der Waals surface area contributed by atoms with Gasteiger partial charge in [-0.05, 0) is 161 Å². The van der Waals surface area contributed by atoms with Gasteiger partial charge in [-0.15, -0.1) is 0 Å². The van der Waals surface area contributed by atoms with Crippen molar-refractivity contribution in [1.29, 1.82) is 0 Å². The van der Waals surface area contributed by atoms with E-state index in [0.717, 1.165) is 22.8 Å². The van der Waals surface area contributed by atoms with Crippen molar-refractivity contribution in [2.45, 2.75) is 218 Å². The summed E-state index contributed by atoms with van der Waals surface area (Å²) >= 11 is 0. The number of piperazine rings is 2. The maximum Gasteiger partial charge on any atom is 0.329 e. The van der Waals surface area contributed by atoms with Crippen LogP contribution in [0, 0.1) is 48.2 Å². The number of nitrogens with one attached hydrogen (secondary N) is 2. The summed E-state index contributed by atoms with van der Waals surface area (Å²) in [5, 5.41) is 54.8. The van der Waals surface area contributed by atoms with E-state index in [4.69, 9.17) is 43.7 Å². The third-order valence-electron chi connectivity index (χ3n) is 27.3. The van der Waals surface area contributed by atoms with Crippen LogP contribution in [0.3, 0.4) is 0 Å². The van der Waals surface area contributed by atoms with Gasteiger partial charge >= 0.3 is 5.97 Å². The summed E-state index contributed by atoms with van der Waals surface area (Å²) in [5.41, 5.74) is 9.85. The van der Waals surface area contributed by atoms with Crippen LogP contribution in [0.4, 0.5) is 22.1 Å². The maximum absolute atomic E-state index is 16.1. The number of hydrogen-bond acceptors (Lipinski definition) is 31. The third kappa shape index (κ3) is 27.0. The number of benzene rings is 2. The topological polar surface area (TPSA) is 455 Å². The molecule has 1 aliphatic carbocycles. The van der Waals surface area contributed by atoms with Gasteiger partial charge in [-0.3, -0.25) is 33.7 Å². The summed E-state index contributed by atoms with van der Waals surface area (Å²) in [5.74, 6) is -9.18. The molecule has 16 atom stereocenters. The van der Waals surface area contributed by atoms with Gasteiger partial charge in [-0.25, -0.2) is 47.2 Å². The number of aromatic nitrogens is 5. The molecule has 3 aromatic heterocycles. The molecule has 7 aliphatic rings. The number of methoxy groups -OCH3 is 3. The number of nitrogens with zero attached hydrogens (tertiary/aromatic N) is 12. The number of nitrogens with two attached hydrogens (primary N) is 1. The summed E-state index contributed by atoms with van der Waals surface area (Å²) in [4.78, 5) is 136. The number of aliphatic hydroxyl groups is 4. The highest BCUT2D eigenvalue weighted by atomic mass is 32.2. The van der Waals surface area contributed by atoms with Crippen LogP contribution in [0.2, 0.25) is 0 Å². The number of ketones is 1. The molecule has 5 amide bonds. The highest BCUT2D eigenvalue weighted by molar-refractivity contribution is 7.90. The molecule has 12 rings (SSSR count). The predicted octanol–water partition coefficient (Wildman–Crippen LogP) is 7.80. The molecule has 1 saturated carbocycles. The fourth-order valence-corrected chi connectivity index (χ4v) is 19.9. The van der Waals surface area contributed by atoms with Gasteiger partial charge < -0.3 is 94.0 Å². The highest BCUT2D eigenvalue weighted by Gasteiger charge is 2.53. The number of ether oxygens (including phenoxy) is 7. The molecular weight excluding hydrogens is 1770 g/mol. The van der Waals surface area contributed by atoms with Crippen LogP contribution in [0.1, 0.15) is 169 Å². The lowest BCUT2D eigenvalue weighted by atomic mass is 9.78. The molecule has 2 bridgehead atoms. The van der Waals surface area contributed by atoms with Gasteiger partial charge in [-0.2, -0.15) is 0 Å². The van der Waals surface area contributed by atoms with Crippen molar-refractivity contribution in [2.24, 2.45) is 40.7 Å². The zero-order valence-electron chi connectivity index (χ0n) is 79.7. The van der Waals surface area contributed by atoms with Crippen LogP contribution < -0.4 is 30.3 Å². The van der Waals surface area contributed by atoms with E-state index >= 15 is 4.39 Å². The van der Waals surface area contributed by atoms with Crippen molar-refractivity contribution in [3.05, 3.63) is 155 Å². The lowest BCUT2D eigenvalue weighted by Crippen LogP contribution is -2.61. The first-order valence-electron chi connectivity index (χ1n) is 47.2. The summed E-state index contributed by atoms with van der Waals surface area (Å²) in [6, 6.07) is 10.1. The minimum atomic E-state index is -4.78. The van der Waals surface area contributed by atoms with Crippen LogP contribution in [-0.4, -0.2) is 301 Å². The molecule has 6 aliphatic heterocycles. The largest absolute Gasteiger partial charge is 0.491 e. The molecule has 5 aromatic rings. The lowest BCUT2D eigenvalue weighted by molar-refractivity contribution is -0.265. The van der Waals surface area contributed by atoms with Crippen molar-refractivity contribution in [3.63, 3.8) is 0 Å². The number of Topliss-reactive ketones (excluding diaryl/α,β-unsaturated/α-hetero) is 1. The van der Waals surface area contributed by atoms with Crippen molar-refractivity contribution in [3.8, 4) is 16.9 Å².